The fourth-order valence-electron chi connectivity index (χ4n) is 2.19. The molecule has 0 atom stereocenters. The second-order valence-electron chi connectivity index (χ2n) is 5.06. The molecule has 128 valence electrons. The van der Waals surface area contributed by atoms with Crippen LogP contribution < -0.4 is 25.3 Å². The normalized spacial score (nSPS) is 11.0. The van der Waals surface area contributed by atoms with Crippen LogP contribution in [-0.4, -0.2) is 33.8 Å². The van der Waals surface area contributed by atoms with Crippen LogP contribution in [0, 0.1) is 0 Å². The number of anilines is 1. The van der Waals surface area contributed by atoms with E-state index in [0.29, 0.717) is 29.7 Å². The van der Waals surface area contributed by atoms with E-state index < -0.39 is 0 Å². The van der Waals surface area contributed by atoms with E-state index in [1.807, 2.05) is 42.5 Å². The molecule has 0 saturated carbocycles. The van der Waals surface area contributed by atoms with Gasteiger partial charge in [0, 0.05) is 12.6 Å². The maximum absolute atomic E-state index is 5.95. The van der Waals surface area contributed by atoms with Gasteiger partial charge in [0.25, 0.3) is 0 Å². The fourth-order valence-corrected chi connectivity index (χ4v) is 2.19. The second-order valence-corrected chi connectivity index (χ2v) is 5.06. The van der Waals surface area contributed by atoms with Crippen LogP contribution >= 0.6 is 0 Å². The largest absolute Gasteiger partial charge is 0.497 e. The first-order valence-electron chi connectivity index (χ1n) is 7.58. The molecule has 0 aliphatic rings. The Labute approximate surface area is 142 Å². The van der Waals surface area contributed by atoms with E-state index in [2.05, 4.69) is 10.3 Å². The molecule has 0 radical (unpaired) electrons. The van der Waals surface area contributed by atoms with E-state index in [1.165, 1.54) is 5.56 Å². The third kappa shape index (κ3) is 4.81. The van der Waals surface area contributed by atoms with E-state index >= 15 is 0 Å². The maximum Gasteiger partial charge on any atom is 0.193 e. The summed E-state index contributed by atoms with van der Waals surface area (Å²) >= 11 is 0. The first-order chi connectivity index (χ1) is 11.7. The molecule has 2 aromatic rings. The standard InChI is InChI=1S/C18H23N3O3/c1-22-14-6-4-13(5-7-14)10-11-20-18(19)21-16-12-15(23-2)8-9-17(16)24-3/h4-9,12H,10-11H2,1-3H3,(H3,19,20,21). The van der Waals surface area contributed by atoms with Crippen LogP contribution in [-0.2, 0) is 6.42 Å². The zero-order valence-corrected chi connectivity index (χ0v) is 14.2. The van der Waals surface area contributed by atoms with Crippen molar-refractivity contribution in [2.24, 2.45) is 10.7 Å². The Balaban J connectivity index is 1.96. The first-order valence-corrected chi connectivity index (χ1v) is 7.58. The summed E-state index contributed by atoms with van der Waals surface area (Å²) in [6.07, 6.45) is 0.793. The molecule has 0 fully saturated rings. The quantitative estimate of drug-likeness (QED) is 0.603. The van der Waals surface area contributed by atoms with Crippen molar-refractivity contribution >= 4 is 11.6 Å². The number of hydrogen-bond acceptors (Lipinski definition) is 4. The number of hydrogen-bond donors (Lipinski definition) is 2. The van der Waals surface area contributed by atoms with Gasteiger partial charge < -0.3 is 25.3 Å². The van der Waals surface area contributed by atoms with Crippen LogP contribution in [0.4, 0.5) is 5.69 Å². The van der Waals surface area contributed by atoms with Crippen molar-refractivity contribution in [3.8, 4) is 17.2 Å². The van der Waals surface area contributed by atoms with Crippen LogP contribution in [0.2, 0.25) is 0 Å². The topological polar surface area (TPSA) is 78.1 Å². The molecule has 6 heteroatoms. The van der Waals surface area contributed by atoms with Crippen molar-refractivity contribution in [1.29, 1.82) is 0 Å². The zero-order valence-electron chi connectivity index (χ0n) is 14.2. The Hall–Kier alpha value is -2.89. The third-order valence-electron chi connectivity index (χ3n) is 3.51. The third-order valence-corrected chi connectivity index (χ3v) is 3.51. The molecule has 0 aliphatic heterocycles. The Bertz CT molecular complexity index is 684. The minimum Gasteiger partial charge on any atom is -0.497 e. The summed E-state index contributed by atoms with van der Waals surface area (Å²) in [7, 11) is 4.86. The van der Waals surface area contributed by atoms with E-state index in [0.717, 1.165) is 12.2 Å². The molecule has 0 unspecified atom stereocenters. The summed E-state index contributed by atoms with van der Waals surface area (Å²) in [5, 5.41) is 3.04. The second kappa shape index (κ2) is 8.67. The van der Waals surface area contributed by atoms with Crippen molar-refractivity contribution < 1.29 is 14.2 Å². The lowest BCUT2D eigenvalue weighted by molar-refractivity contribution is 0.405. The Morgan fingerprint density at radius 1 is 0.958 bits per heavy atom. The van der Waals surface area contributed by atoms with Gasteiger partial charge in [-0.15, -0.1) is 0 Å². The van der Waals surface area contributed by atoms with Gasteiger partial charge in [0.05, 0.1) is 27.0 Å². The van der Waals surface area contributed by atoms with Crippen molar-refractivity contribution in [1.82, 2.24) is 0 Å². The number of nitrogens with zero attached hydrogens (tertiary/aromatic N) is 1. The maximum atomic E-state index is 5.95. The highest BCUT2D eigenvalue weighted by atomic mass is 16.5. The molecular weight excluding hydrogens is 306 g/mol. The molecule has 0 bridgehead atoms. The number of guanidine groups is 1. The van der Waals surface area contributed by atoms with Gasteiger partial charge in [-0.25, -0.2) is 0 Å². The smallest absolute Gasteiger partial charge is 0.193 e. The summed E-state index contributed by atoms with van der Waals surface area (Å²) in [6, 6.07) is 13.3. The predicted octanol–water partition coefficient (Wildman–Crippen LogP) is 2.68. The SMILES string of the molecule is COc1ccc(CCN=C(N)Nc2cc(OC)ccc2OC)cc1. The van der Waals surface area contributed by atoms with Crippen LogP contribution in [0.25, 0.3) is 0 Å². The highest BCUT2D eigenvalue weighted by Crippen LogP contribution is 2.28. The molecule has 0 amide bonds. The molecule has 6 nitrogen and oxygen atoms in total. The average molecular weight is 329 g/mol. The van der Waals surface area contributed by atoms with E-state index in [4.69, 9.17) is 19.9 Å². The summed E-state index contributed by atoms with van der Waals surface area (Å²) < 4.78 is 15.6. The van der Waals surface area contributed by atoms with Gasteiger partial charge in [-0.2, -0.15) is 0 Å². The summed E-state index contributed by atoms with van der Waals surface area (Å²) in [5.74, 6) is 2.55. The number of methoxy groups -OCH3 is 3. The highest BCUT2D eigenvalue weighted by molar-refractivity contribution is 5.94. The molecule has 2 rings (SSSR count). The number of benzene rings is 2. The number of nitrogens with one attached hydrogen (secondary N) is 1. The minimum atomic E-state index is 0.329. The van der Waals surface area contributed by atoms with Gasteiger partial charge in [-0.05, 0) is 36.2 Å². The molecule has 0 aliphatic carbocycles. The number of aliphatic imine (C=N–C) groups is 1. The highest BCUT2D eigenvalue weighted by Gasteiger charge is 2.06. The first kappa shape index (κ1) is 17.5. The van der Waals surface area contributed by atoms with E-state index in [9.17, 15) is 0 Å². The lowest BCUT2D eigenvalue weighted by Gasteiger charge is -2.12. The molecule has 3 N–H and O–H groups in total. The summed E-state index contributed by atoms with van der Waals surface area (Å²) in [5.41, 5.74) is 7.84. The van der Waals surface area contributed by atoms with E-state index in [-0.39, 0.29) is 0 Å². The molecule has 2 aromatic carbocycles. The fraction of sp³-hybridized carbons (Fsp3) is 0.278. The number of rotatable bonds is 7. The average Bonchev–Trinajstić information content (AvgIpc) is 2.62. The van der Waals surface area contributed by atoms with Crippen LogP contribution in [0.1, 0.15) is 5.56 Å². The van der Waals surface area contributed by atoms with Crippen molar-refractivity contribution in [3.63, 3.8) is 0 Å². The molecule has 0 aromatic heterocycles. The minimum absolute atomic E-state index is 0.329. The van der Waals surface area contributed by atoms with Crippen LogP contribution in [0.15, 0.2) is 47.5 Å². The Kier molecular flexibility index (Phi) is 6.31. The number of nitrogens with two attached hydrogens (primary N) is 1. The lowest BCUT2D eigenvalue weighted by Crippen LogP contribution is -2.23. The van der Waals surface area contributed by atoms with Crippen molar-refractivity contribution in [3.05, 3.63) is 48.0 Å². The molecule has 0 spiro atoms. The molecule has 0 saturated heterocycles. The van der Waals surface area contributed by atoms with Gasteiger partial charge in [0.15, 0.2) is 5.96 Å². The summed E-state index contributed by atoms with van der Waals surface area (Å²) in [6.45, 7) is 0.581. The molecule has 24 heavy (non-hydrogen) atoms. The predicted molar refractivity (Wildman–Crippen MR) is 96.4 cm³/mol. The summed E-state index contributed by atoms with van der Waals surface area (Å²) in [4.78, 5) is 4.34. The van der Waals surface area contributed by atoms with Crippen molar-refractivity contribution in [2.45, 2.75) is 6.42 Å². The van der Waals surface area contributed by atoms with Crippen LogP contribution in [0.5, 0.6) is 17.2 Å². The van der Waals surface area contributed by atoms with Crippen molar-refractivity contribution in [2.75, 3.05) is 33.2 Å². The monoisotopic (exact) mass is 329 g/mol. The van der Waals surface area contributed by atoms with E-state index in [1.54, 1.807) is 21.3 Å². The molecular formula is C18H23N3O3. The van der Waals surface area contributed by atoms with Gasteiger partial charge >= 0.3 is 0 Å². The van der Waals surface area contributed by atoms with Gasteiger partial charge in [-0.3, -0.25) is 4.99 Å². The van der Waals surface area contributed by atoms with Crippen LogP contribution in [0.3, 0.4) is 0 Å². The Morgan fingerprint density at radius 2 is 1.62 bits per heavy atom. The Morgan fingerprint density at radius 3 is 2.25 bits per heavy atom. The van der Waals surface area contributed by atoms with Gasteiger partial charge in [0.2, 0.25) is 0 Å². The molecule has 0 heterocycles. The number of ether oxygens (including phenoxy) is 3. The lowest BCUT2D eigenvalue weighted by atomic mass is 10.1. The van der Waals surface area contributed by atoms with Gasteiger partial charge in [0.1, 0.15) is 17.2 Å². The van der Waals surface area contributed by atoms with Gasteiger partial charge in [-0.1, -0.05) is 12.1 Å². The zero-order chi connectivity index (χ0) is 17.4.